The lowest BCUT2D eigenvalue weighted by molar-refractivity contribution is 0.102. The second-order valence-corrected chi connectivity index (χ2v) is 7.36. The molecular weight excluding hydrogens is 286 g/mol. The van der Waals surface area contributed by atoms with Gasteiger partial charge < -0.3 is 10.4 Å². The molecule has 126 valence electrons. The average molecular weight is 315 g/mol. The fourth-order valence-electron chi connectivity index (χ4n) is 3.13. The SMILES string of the molecule is CC(C)(CCC#N)CNCC(O)CN1CCc2ccccc2C1. The lowest BCUT2D eigenvalue weighted by Gasteiger charge is -2.31. The average Bonchev–Trinajstić information content (AvgIpc) is 2.52. The Bertz CT molecular complexity index is 536. The second-order valence-electron chi connectivity index (χ2n) is 7.36. The van der Waals surface area contributed by atoms with E-state index in [4.69, 9.17) is 5.26 Å². The molecule has 4 heteroatoms. The van der Waals surface area contributed by atoms with Crippen LogP contribution in [0.3, 0.4) is 0 Å². The topological polar surface area (TPSA) is 59.3 Å². The Kier molecular flexibility index (Phi) is 6.59. The Morgan fingerprint density at radius 1 is 1.35 bits per heavy atom. The summed E-state index contributed by atoms with van der Waals surface area (Å²) >= 11 is 0. The van der Waals surface area contributed by atoms with Crippen molar-refractivity contribution < 1.29 is 5.11 Å². The molecule has 0 radical (unpaired) electrons. The number of benzene rings is 1. The van der Waals surface area contributed by atoms with E-state index in [0.29, 0.717) is 19.5 Å². The van der Waals surface area contributed by atoms with Crippen LogP contribution >= 0.6 is 0 Å². The van der Waals surface area contributed by atoms with Gasteiger partial charge >= 0.3 is 0 Å². The summed E-state index contributed by atoms with van der Waals surface area (Å²) in [5.41, 5.74) is 2.92. The summed E-state index contributed by atoms with van der Waals surface area (Å²) in [5, 5.41) is 22.3. The molecule has 1 aliphatic rings. The van der Waals surface area contributed by atoms with Crippen LogP contribution in [0.2, 0.25) is 0 Å². The van der Waals surface area contributed by atoms with Gasteiger partial charge in [0, 0.05) is 39.1 Å². The van der Waals surface area contributed by atoms with E-state index in [1.54, 1.807) is 0 Å². The van der Waals surface area contributed by atoms with Crippen LogP contribution in [0.25, 0.3) is 0 Å². The van der Waals surface area contributed by atoms with Crippen molar-refractivity contribution in [3.63, 3.8) is 0 Å². The first kappa shape index (κ1) is 17.9. The molecule has 1 aliphatic heterocycles. The third kappa shape index (κ3) is 5.95. The van der Waals surface area contributed by atoms with Crippen LogP contribution in [0.1, 0.15) is 37.8 Å². The molecule has 0 saturated heterocycles. The standard InChI is InChI=1S/C19H29N3O/c1-19(2,9-5-10-20)15-21-12-18(23)14-22-11-8-16-6-3-4-7-17(16)13-22/h3-4,6-7,18,21,23H,5,8-9,11-15H2,1-2H3. The molecule has 1 heterocycles. The quantitative estimate of drug-likeness (QED) is 0.773. The molecule has 0 fully saturated rings. The molecule has 1 unspecified atom stereocenters. The molecule has 1 aromatic carbocycles. The first-order valence-electron chi connectivity index (χ1n) is 8.55. The fraction of sp³-hybridized carbons (Fsp3) is 0.632. The first-order valence-corrected chi connectivity index (χ1v) is 8.55. The minimum atomic E-state index is -0.355. The number of aliphatic hydroxyl groups is 1. The summed E-state index contributed by atoms with van der Waals surface area (Å²) in [7, 11) is 0. The second kappa shape index (κ2) is 8.44. The predicted molar refractivity (Wildman–Crippen MR) is 92.9 cm³/mol. The van der Waals surface area contributed by atoms with Crippen molar-refractivity contribution in [3.8, 4) is 6.07 Å². The van der Waals surface area contributed by atoms with Crippen LogP contribution in [-0.2, 0) is 13.0 Å². The van der Waals surface area contributed by atoms with E-state index in [0.717, 1.165) is 32.5 Å². The monoisotopic (exact) mass is 315 g/mol. The Labute approximate surface area is 140 Å². The highest BCUT2D eigenvalue weighted by Gasteiger charge is 2.20. The summed E-state index contributed by atoms with van der Waals surface area (Å²) in [6.45, 7) is 8.40. The van der Waals surface area contributed by atoms with E-state index in [-0.39, 0.29) is 11.5 Å². The molecule has 2 rings (SSSR count). The lowest BCUT2D eigenvalue weighted by atomic mass is 9.88. The molecule has 0 spiro atoms. The number of nitriles is 1. The first-order chi connectivity index (χ1) is 11.0. The van der Waals surface area contributed by atoms with Crippen molar-refractivity contribution >= 4 is 0 Å². The third-order valence-electron chi connectivity index (χ3n) is 4.58. The zero-order chi connectivity index (χ0) is 16.7. The molecule has 4 nitrogen and oxygen atoms in total. The van der Waals surface area contributed by atoms with Gasteiger partial charge in [0.2, 0.25) is 0 Å². The van der Waals surface area contributed by atoms with Gasteiger partial charge in [-0.3, -0.25) is 4.90 Å². The van der Waals surface area contributed by atoms with Crippen LogP contribution in [-0.4, -0.2) is 42.3 Å². The summed E-state index contributed by atoms with van der Waals surface area (Å²) < 4.78 is 0. The number of β-amino-alcohol motifs (C(OH)–C–C–N with tert-alkyl or cyclic N) is 1. The van der Waals surface area contributed by atoms with Crippen molar-refractivity contribution in [1.29, 1.82) is 5.26 Å². The lowest BCUT2D eigenvalue weighted by Crippen LogP contribution is -2.42. The predicted octanol–water partition coefficient (Wildman–Crippen LogP) is 2.33. The van der Waals surface area contributed by atoms with Gasteiger partial charge in [-0.15, -0.1) is 0 Å². The summed E-state index contributed by atoms with van der Waals surface area (Å²) in [6.07, 6.45) is 2.18. The van der Waals surface area contributed by atoms with E-state index in [1.165, 1.54) is 11.1 Å². The Morgan fingerprint density at radius 3 is 2.83 bits per heavy atom. The number of nitrogens with zero attached hydrogens (tertiary/aromatic N) is 2. The van der Waals surface area contributed by atoms with Crippen molar-refractivity contribution in [1.82, 2.24) is 10.2 Å². The molecule has 0 aliphatic carbocycles. The molecule has 2 N–H and O–H groups in total. The highest BCUT2D eigenvalue weighted by atomic mass is 16.3. The van der Waals surface area contributed by atoms with Crippen molar-refractivity contribution in [2.24, 2.45) is 5.41 Å². The maximum absolute atomic E-state index is 10.3. The van der Waals surface area contributed by atoms with Crippen molar-refractivity contribution in [2.75, 3.05) is 26.2 Å². The van der Waals surface area contributed by atoms with E-state index in [9.17, 15) is 5.11 Å². The number of hydrogen-bond acceptors (Lipinski definition) is 4. The normalized spacial score (nSPS) is 16.6. The van der Waals surface area contributed by atoms with E-state index < -0.39 is 0 Å². The molecule has 0 aromatic heterocycles. The van der Waals surface area contributed by atoms with Crippen LogP contribution < -0.4 is 5.32 Å². The van der Waals surface area contributed by atoms with E-state index in [2.05, 4.69) is 54.4 Å². The van der Waals surface area contributed by atoms with Gasteiger partial charge in [-0.05, 0) is 29.4 Å². The van der Waals surface area contributed by atoms with Crippen LogP contribution in [0.15, 0.2) is 24.3 Å². The number of hydrogen-bond donors (Lipinski definition) is 2. The highest BCUT2D eigenvalue weighted by molar-refractivity contribution is 5.29. The van der Waals surface area contributed by atoms with Gasteiger partial charge in [0.25, 0.3) is 0 Å². The van der Waals surface area contributed by atoms with Crippen LogP contribution in [0.4, 0.5) is 0 Å². The van der Waals surface area contributed by atoms with Gasteiger partial charge in [-0.25, -0.2) is 0 Å². The Hall–Kier alpha value is -1.41. The van der Waals surface area contributed by atoms with E-state index >= 15 is 0 Å². The Balaban J connectivity index is 1.70. The molecule has 0 saturated carbocycles. The summed E-state index contributed by atoms with van der Waals surface area (Å²) in [5.74, 6) is 0. The number of aliphatic hydroxyl groups excluding tert-OH is 1. The third-order valence-corrected chi connectivity index (χ3v) is 4.58. The van der Waals surface area contributed by atoms with Gasteiger partial charge in [0.05, 0.1) is 12.2 Å². The highest BCUT2D eigenvalue weighted by Crippen LogP contribution is 2.21. The fourth-order valence-corrected chi connectivity index (χ4v) is 3.13. The van der Waals surface area contributed by atoms with E-state index in [1.807, 2.05) is 0 Å². The van der Waals surface area contributed by atoms with Gasteiger partial charge in [0.15, 0.2) is 0 Å². The largest absolute Gasteiger partial charge is 0.390 e. The molecule has 1 atom stereocenters. The minimum Gasteiger partial charge on any atom is -0.390 e. The zero-order valence-corrected chi connectivity index (χ0v) is 14.4. The molecule has 1 aromatic rings. The molecule has 0 bridgehead atoms. The molecule has 23 heavy (non-hydrogen) atoms. The number of fused-ring (bicyclic) bond motifs is 1. The maximum Gasteiger partial charge on any atom is 0.0791 e. The number of rotatable bonds is 8. The maximum atomic E-state index is 10.3. The van der Waals surface area contributed by atoms with Crippen molar-refractivity contribution in [2.45, 2.75) is 45.8 Å². The van der Waals surface area contributed by atoms with Crippen molar-refractivity contribution in [3.05, 3.63) is 35.4 Å². The minimum absolute atomic E-state index is 0.0967. The van der Waals surface area contributed by atoms with Crippen LogP contribution in [0.5, 0.6) is 0 Å². The Morgan fingerprint density at radius 2 is 2.09 bits per heavy atom. The van der Waals surface area contributed by atoms with Gasteiger partial charge in [-0.2, -0.15) is 5.26 Å². The smallest absolute Gasteiger partial charge is 0.0791 e. The summed E-state index contributed by atoms with van der Waals surface area (Å²) in [4.78, 5) is 2.33. The number of nitrogens with one attached hydrogen (secondary N) is 1. The van der Waals surface area contributed by atoms with Gasteiger partial charge in [-0.1, -0.05) is 38.1 Å². The molecular formula is C19H29N3O. The van der Waals surface area contributed by atoms with Gasteiger partial charge in [0.1, 0.15) is 0 Å². The molecule has 0 amide bonds. The van der Waals surface area contributed by atoms with Crippen LogP contribution in [0, 0.1) is 16.7 Å². The zero-order valence-electron chi connectivity index (χ0n) is 14.4. The summed E-state index contributed by atoms with van der Waals surface area (Å²) in [6, 6.07) is 10.8.